The minimum Gasteiger partial charge on any atom is -0.465 e. The monoisotopic (exact) mass is 511 g/mol. The van der Waals surface area contributed by atoms with Gasteiger partial charge in [-0.15, -0.1) is 0 Å². The largest absolute Gasteiger partial charge is 0.465 e. The van der Waals surface area contributed by atoms with Crippen molar-refractivity contribution in [3.63, 3.8) is 0 Å². The second kappa shape index (κ2) is 10.5. The number of hydrogen-bond acceptors (Lipinski definition) is 6. The van der Waals surface area contributed by atoms with E-state index in [2.05, 4.69) is 0 Å². The predicted octanol–water partition coefficient (Wildman–Crippen LogP) is 5.48. The van der Waals surface area contributed by atoms with Crippen molar-refractivity contribution < 1.29 is 28.7 Å². The number of hydrogen-bond donors (Lipinski definition) is 0. The average Bonchev–Trinajstić information content (AvgIpc) is 3.17. The quantitative estimate of drug-likeness (QED) is 0.333. The molecule has 7 heteroatoms. The van der Waals surface area contributed by atoms with Gasteiger partial charge in [-0.25, -0.2) is 14.5 Å². The molecule has 0 aromatic heterocycles. The molecule has 0 atom stereocenters. The van der Waals surface area contributed by atoms with Gasteiger partial charge in [0.25, 0.3) is 5.91 Å². The van der Waals surface area contributed by atoms with Gasteiger partial charge in [0.05, 0.1) is 29.5 Å². The lowest BCUT2D eigenvalue weighted by Gasteiger charge is -2.19. The minimum absolute atomic E-state index is 0.241. The highest BCUT2D eigenvalue weighted by molar-refractivity contribution is 6.43. The number of benzene rings is 3. The van der Waals surface area contributed by atoms with E-state index >= 15 is 0 Å². The smallest absolute Gasteiger partial charge is 0.338 e. The molecule has 0 bridgehead atoms. The van der Waals surface area contributed by atoms with Crippen molar-refractivity contribution in [1.29, 1.82) is 0 Å². The lowest BCUT2D eigenvalue weighted by Crippen LogP contribution is -2.31. The van der Waals surface area contributed by atoms with Gasteiger partial charge < -0.3 is 9.47 Å². The van der Waals surface area contributed by atoms with Gasteiger partial charge in [-0.05, 0) is 68.2 Å². The van der Waals surface area contributed by atoms with Gasteiger partial charge >= 0.3 is 11.9 Å². The molecular formula is C31H29NO6. The highest BCUT2D eigenvalue weighted by Crippen LogP contribution is 2.42. The fraction of sp³-hybridized carbons (Fsp3) is 0.226. The van der Waals surface area contributed by atoms with Crippen molar-refractivity contribution in [3.8, 4) is 0 Å². The van der Waals surface area contributed by atoms with E-state index in [0.717, 1.165) is 21.6 Å². The number of nitrogens with zero attached hydrogens (tertiary/aromatic N) is 1. The van der Waals surface area contributed by atoms with Gasteiger partial charge in [0, 0.05) is 12.5 Å². The second-order valence-corrected chi connectivity index (χ2v) is 9.98. The maximum Gasteiger partial charge on any atom is 0.338 e. The molecule has 1 heterocycles. The summed E-state index contributed by atoms with van der Waals surface area (Å²) in [5, 5.41) is 0. The molecule has 38 heavy (non-hydrogen) atoms. The third kappa shape index (κ3) is 5.42. The first-order valence-electron chi connectivity index (χ1n) is 12.2. The summed E-state index contributed by atoms with van der Waals surface area (Å²) in [4.78, 5) is 52.0. The van der Waals surface area contributed by atoms with Crippen LogP contribution in [0.5, 0.6) is 0 Å². The standard InChI is InChI=1S/C31H29NO6/c1-19(33)32-26-18-23(29(35)37-5)15-16-24(26)27(28(32)34)25(21-9-7-6-8-10-21)17-20-11-13-22(14-12-20)30(36)38-31(2,3)4/h6-16,18H,17H2,1-5H3/b27-25+. The molecule has 3 aromatic rings. The van der Waals surface area contributed by atoms with Crippen LogP contribution < -0.4 is 4.90 Å². The molecule has 1 aliphatic heterocycles. The molecule has 4 rings (SSSR count). The third-order valence-corrected chi connectivity index (χ3v) is 6.05. The van der Waals surface area contributed by atoms with E-state index in [-0.39, 0.29) is 5.56 Å². The number of imide groups is 1. The Morgan fingerprint density at radius 1 is 0.816 bits per heavy atom. The summed E-state index contributed by atoms with van der Waals surface area (Å²) in [5.74, 6) is -1.89. The van der Waals surface area contributed by atoms with Crippen LogP contribution in [0.2, 0.25) is 0 Å². The number of anilines is 1. The average molecular weight is 512 g/mol. The van der Waals surface area contributed by atoms with Crippen LogP contribution >= 0.6 is 0 Å². The second-order valence-electron chi connectivity index (χ2n) is 9.98. The van der Waals surface area contributed by atoms with E-state index in [0.29, 0.717) is 28.8 Å². The van der Waals surface area contributed by atoms with E-state index < -0.39 is 29.4 Å². The first-order chi connectivity index (χ1) is 18.0. The molecular weight excluding hydrogens is 482 g/mol. The highest BCUT2D eigenvalue weighted by Gasteiger charge is 2.38. The van der Waals surface area contributed by atoms with Crippen LogP contribution in [0.25, 0.3) is 11.1 Å². The van der Waals surface area contributed by atoms with Crippen molar-refractivity contribution >= 4 is 40.6 Å². The van der Waals surface area contributed by atoms with Crippen LogP contribution in [0.1, 0.15) is 65.1 Å². The Labute approximate surface area is 221 Å². The summed E-state index contributed by atoms with van der Waals surface area (Å²) in [6.45, 7) is 6.75. The Hall–Kier alpha value is -4.52. The van der Waals surface area contributed by atoms with Crippen molar-refractivity contribution in [3.05, 3.63) is 101 Å². The van der Waals surface area contributed by atoms with E-state index in [1.807, 2.05) is 63.2 Å². The maximum atomic E-state index is 13.7. The topological polar surface area (TPSA) is 90.0 Å². The van der Waals surface area contributed by atoms with Crippen LogP contribution in [0.15, 0.2) is 72.8 Å². The molecule has 3 aromatic carbocycles. The molecule has 194 valence electrons. The number of allylic oxidation sites excluding steroid dienone is 1. The van der Waals surface area contributed by atoms with E-state index in [1.165, 1.54) is 20.1 Å². The van der Waals surface area contributed by atoms with Crippen molar-refractivity contribution in [2.75, 3.05) is 12.0 Å². The first-order valence-corrected chi connectivity index (χ1v) is 12.2. The van der Waals surface area contributed by atoms with Crippen molar-refractivity contribution in [2.24, 2.45) is 0 Å². The zero-order chi connectivity index (χ0) is 27.6. The predicted molar refractivity (Wildman–Crippen MR) is 145 cm³/mol. The first kappa shape index (κ1) is 26.5. The Morgan fingerprint density at radius 3 is 2.03 bits per heavy atom. The number of fused-ring (bicyclic) bond motifs is 1. The zero-order valence-electron chi connectivity index (χ0n) is 22.0. The highest BCUT2D eigenvalue weighted by atomic mass is 16.6. The fourth-order valence-electron chi connectivity index (χ4n) is 4.39. The number of methoxy groups -OCH3 is 1. The fourth-order valence-corrected chi connectivity index (χ4v) is 4.39. The van der Waals surface area contributed by atoms with Crippen LogP contribution in [0.3, 0.4) is 0 Å². The number of rotatable bonds is 5. The maximum absolute atomic E-state index is 13.7. The Bertz CT molecular complexity index is 1450. The summed E-state index contributed by atoms with van der Waals surface area (Å²) >= 11 is 0. The van der Waals surface area contributed by atoms with Gasteiger partial charge in [-0.3, -0.25) is 9.59 Å². The molecule has 0 unspecified atom stereocenters. The molecule has 0 saturated heterocycles. The summed E-state index contributed by atoms with van der Waals surface area (Å²) in [6.07, 6.45) is 0.365. The number of ether oxygens (including phenoxy) is 2. The van der Waals surface area contributed by atoms with Crippen molar-refractivity contribution in [1.82, 2.24) is 0 Å². The summed E-state index contributed by atoms with van der Waals surface area (Å²) in [5.41, 5.74) is 3.75. The Kier molecular flexibility index (Phi) is 7.30. The number of amides is 2. The minimum atomic E-state index is -0.604. The SMILES string of the molecule is COC(=O)c1ccc2c(c1)N(C(C)=O)C(=O)/C2=C(\Cc1ccc(C(=O)OC(C)(C)C)cc1)c1ccccc1. The normalized spacial score (nSPS) is 14.1. The van der Waals surface area contributed by atoms with Crippen LogP contribution in [-0.2, 0) is 25.5 Å². The lowest BCUT2D eigenvalue weighted by atomic mass is 9.90. The van der Waals surface area contributed by atoms with E-state index in [4.69, 9.17) is 9.47 Å². The molecule has 0 saturated carbocycles. The van der Waals surface area contributed by atoms with Crippen molar-refractivity contribution in [2.45, 2.75) is 39.7 Å². The van der Waals surface area contributed by atoms with E-state index in [9.17, 15) is 19.2 Å². The van der Waals surface area contributed by atoms with Crippen LogP contribution in [-0.4, -0.2) is 36.5 Å². The van der Waals surface area contributed by atoms with Gasteiger partial charge in [-0.2, -0.15) is 0 Å². The van der Waals surface area contributed by atoms with Gasteiger partial charge in [-0.1, -0.05) is 48.5 Å². The zero-order valence-corrected chi connectivity index (χ0v) is 22.0. The molecule has 0 N–H and O–H groups in total. The molecule has 0 aliphatic carbocycles. The molecule has 1 aliphatic rings. The molecule has 7 nitrogen and oxygen atoms in total. The Morgan fingerprint density at radius 2 is 1.45 bits per heavy atom. The van der Waals surface area contributed by atoms with Gasteiger partial charge in [0.15, 0.2) is 0 Å². The molecule has 2 amide bonds. The molecule has 0 radical (unpaired) electrons. The summed E-state index contributed by atoms with van der Waals surface area (Å²) in [6, 6.07) is 21.3. The molecule has 0 spiro atoms. The van der Waals surface area contributed by atoms with Gasteiger partial charge in [0.1, 0.15) is 5.60 Å². The van der Waals surface area contributed by atoms with E-state index in [1.54, 1.807) is 24.3 Å². The lowest BCUT2D eigenvalue weighted by molar-refractivity contribution is -0.122. The third-order valence-electron chi connectivity index (χ3n) is 6.05. The summed E-state index contributed by atoms with van der Waals surface area (Å²) < 4.78 is 10.3. The van der Waals surface area contributed by atoms with Crippen LogP contribution in [0.4, 0.5) is 5.69 Å². The number of carbonyl (C=O) groups is 4. The number of carbonyl (C=O) groups excluding carboxylic acids is 4. The van der Waals surface area contributed by atoms with Crippen LogP contribution in [0, 0.1) is 0 Å². The molecule has 0 fully saturated rings. The van der Waals surface area contributed by atoms with Gasteiger partial charge in [0.2, 0.25) is 5.91 Å². The Balaban J connectivity index is 1.82. The number of esters is 2. The summed E-state index contributed by atoms with van der Waals surface area (Å²) in [7, 11) is 1.27.